The number of nitrogens with zero attached hydrogens (tertiary/aromatic N) is 1. The molecule has 12 heavy (non-hydrogen) atoms. The first kappa shape index (κ1) is 9.20. The van der Waals surface area contributed by atoms with Gasteiger partial charge in [0.05, 0.1) is 0 Å². The highest BCUT2D eigenvalue weighted by molar-refractivity contribution is 5.19. The third-order valence-corrected chi connectivity index (χ3v) is 1.68. The van der Waals surface area contributed by atoms with Gasteiger partial charge in [-0.15, -0.1) is 0 Å². The molecule has 0 aliphatic rings. The number of aryl methyl sites for hydroxylation is 2. The van der Waals surface area contributed by atoms with Crippen LogP contribution in [-0.4, -0.2) is 11.0 Å². The molecule has 2 heteroatoms. The van der Waals surface area contributed by atoms with Crippen molar-refractivity contribution in [1.82, 2.24) is 4.98 Å². The third kappa shape index (κ3) is 2.62. The van der Waals surface area contributed by atoms with E-state index < -0.39 is 0 Å². The predicted octanol–water partition coefficient (Wildman–Crippen LogP) is 1.59. The molecule has 0 bridgehead atoms. The Balaban J connectivity index is 2.85. The van der Waals surface area contributed by atoms with Crippen molar-refractivity contribution < 1.29 is 0 Å². The number of rotatable bonds is 2. The van der Waals surface area contributed by atoms with Crippen LogP contribution in [0.5, 0.6) is 0 Å². The Hall–Kier alpha value is -0.890. The molecule has 1 heterocycles. The molecule has 2 nitrogen and oxygen atoms in total. The van der Waals surface area contributed by atoms with Crippen LogP contribution < -0.4 is 5.73 Å². The van der Waals surface area contributed by atoms with E-state index in [1.807, 2.05) is 13.8 Å². The maximum absolute atomic E-state index is 5.68. The lowest BCUT2D eigenvalue weighted by Crippen LogP contribution is -2.18. The summed E-state index contributed by atoms with van der Waals surface area (Å²) in [5, 5.41) is 0. The molecule has 0 radical (unpaired) electrons. The molecule has 0 saturated carbocycles. The second-order valence-electron chi connectivity index (χ2n) is 3.46. The minimum absolute atomic E-state index is 0.193. The van der Waals surface area contributed by atoms with Gasteiger partial charge in [-0.1, -0.05) is 0 Å². The van der Waals surface area contributed by atoms with E-state index in [1.165, 1.54) is 5.56 Å². The Morgan fingerprint density at radius 1 is 1.42 bits per heavy atom. The van der Waals surface area contributed by atoms with Crippen LogP contribution in [0, 0.1) is 13.8 Å². The molecule has 1 rings (SSSR count). The standard InChI is InChI=1S/C10H16N2/c1-7-4-9(3)12-10(5-7)6-8(2)11/h4-5,8H,6,11H2,1-3H3/t8-/m0/s1. The molecule has 0 fully saturated rings. The Morgan fingerprint density at radius 2 is 2.08 bits per heavy atom. The first-order valence-corrected chi connectivity index (χ1v) is 4.27. The summed E-state index contributed by atoms with van der Waals surface area (Å²) >= 11 is 0. The summed E-state index contributed by atoms with van der Waals surface area (Å²) in [4.78, 5) is 4.39. The van der Waals surface area contributed by atoms with E-state index in [2.05, 4.69) is 24.0 Å². The van der Waals surface area contributed by atoms with Crippen molar-refractivity contribution in [2.45, 2.75) is 33.2 Å². The lowest BCUT2D eigenvalue weighted by molar-refractivity contribution is 0.719. The van der Waals surface area contributed by atoms with Crippen LogP contribution in [-0.2, 0) is 6.42 Å². The zero-order valence-corrected chi connectivity index (χ0v) is 7.96. The van der Waals surface area contributed by atoms with Crippen molar-refractivity contribution in [2.24, 2.45) is 5.73 Å². The molecule has 0 aromatic carbocycles. The lowest BCUT2D eigenvalue weighted by Gasteiger charge is -2.06. The number of nitrogens with two attached hydrogens (primary N) is 1. The van der Waals surface area contributed by atoms with Crippen molar-refractivity contribution in [2.75, 3.05) is 0 Å². The van der Waals surface area contributed by atoms with E-state index in [4.69, 9.17) is 5.73 Å². The van der Waals surface area contributed by atoms with Gasteiger partial charge in [-0.3, -0.25) is 4.98 Å². The highest BCUT2D eigenvalue weighted by Crippen LogP contribution is 2.05. The first-order chi connectivity index (χ1) is 5.58. The van der Waals surface area contributed by atoms with Crippen molar-refractivity contribution in [3.05, 3.63) is 29.1 Å². The van der Waals surface area contributed by atoms with Crippen molar-refractivity contribution in [1.29, 1.82) is 0 Å². The van der Waals surface area contributed by atoms with Gasteiger partial charge in [0.1, 0.15) is 0 Å². The third-order valence-electron chi connectivity index (χ3n) is 1.68. The number of hydrogen-bond acceptors (Lipinski definition) is 2. The van der Waals surface area contributed by atoms with Crippen molar-refractivity contribution in [3.8, 4) is 0 Å². The zero-order chi connectivity index (χ0) is 9.14. The summed E-state index contributed by atoms with van der Waals surface area (Å²) in [6.45, 7) is 6.09. The van der Waals surface area contributed by atoms with E-state index in [-0.39, 0.29) is 6.04 Å². The molecule has 0 saturated heterocycles. The fourth-order valence-electron chi connectivity index (χ4n) is 1.36. The molecule has 1 atom stereocenters. The molecule has 66 valence electrons. The average molecular weight is 164 g/mol. The monoisotopic (exact) mass is 164 g/mol. The quantitative estimate of drug-likeness (QED) is 0.721. The fraction of sp³-hybridized carbons (Fsp3) is 0.500. The first-order valence-electron chi connectivity index (χ1n) is 4.27. The Labute approximate surface area is 73.8 Å². The van der Waals surface area contributed by atoms with Gasteiger partial charge < -0.3 is 5.73 Å². The van der Waals surface area contributed by atoms with Crippen LogP contribution in [0.25, 0.3) is 0 Å². The van der Waals surface area contributed by atoms with Crippen LogP contribution >= 0.6 is 0 Å². The van der Waals surface area contributed by atoms with Crippen LogP contribution in [0.1, 0.15) is 23.9 Å². The molecule has 1 aromatic heterocycles. The minimum Gasteiger partial charge on any atom is -0.328 e. The predicted molar refractivity (Wildman–Crippen MR) is 51.1 cm³/mol. The molecule has 0 aliphatic carbocycles. The molecule has 0 spiro atoms. The molecule has 0 amide bonds. The molecular weight excluding hydrogens is 148 g/mol. The summed E-state index contributed by atoms with van der Waals surface area (Å²) in [6.07, 6.45) is 0.864. The second kappa shape index (κ2) is 3.68. The van der Waals surface area contributed by atoms with E-state index in [9.17, 15) is 0 Å². The van der Waals surface area contributed by atoms with Gasteiger partial charge in [-0.05, 0) is 38.5 Å². The van der Waals surface area contributed by atoms with Gasteiger partial charge >= 0.3 is 0 Å². The largest absolute Gasteiger partial charge is 0.328 e. The molecule has 0 unspecified atom stereocenters. The van der Waals surface area contributed by atoms with E-state index in [0.29, 0.717) is 0 Å². The van der Waals surface area contributed by atoms with Crippen LogP contribution in [0.4, 0.5) is 0 Å². The molecule has 1 aromatic rings. The van der Waals surface area contributed by atoms with Crippen LogP contribution in [0.2, 0.25) is 0 Å². The highest BCUT2D eigenvalue weighted by atomic mass is 14.7. The van der Waals surface area contributed by atoms with E-state index in [0.717, 1.165) is 17.8 Å². The molecule has 2 N–H and O–H groups in total. The van der Waals surface area contributed by atoms with Crippen LogP contribution in [0.15, 0.2) is 12.1 Å². The SMILES string of the molecule is Cc1cc(C)nc(C[C@H](C)N)c1. The Bertz CT molecular complexity index is 246. The Kier molecular flexibility index (Phi) is 2.82. The van der Waals surface area contributed by atoms with E-state index in [1.54, 1.807) is 0 Å². The van der Waals surface area contributed by atoms with Gasteiger partial charge in [0.15, 0.2) is 0 Å². The summed E-state index contributed by atoms with van der Waals surface area (Å²) in [6, 6.07) is 4.36. The normalized spacial score (nSPS) is 13.0. The van der Waals surface area contributed by atoms with Crippen LogP contribution in [0.3, 0.4) is 0 Å². The van der Waals surface area contributed by atoms with Gasteiger partial charge in [0.25, 0.3) is 0 Å². The lowest BCUT2D eigenvalue weighted by atomic mass is 10.1. The summed E-state index contributed by atoms with van der Waals surface area (Å²) in [5.41, 5.74) is 9.12. The Morgan fingerprint density at radius 3 is 2.58 bits per heavy atom. The minimum atomic E-state index is 0.193. The number of aromatic nitrogens is 1. The summed E-state index contributed by atoms with van der Waals surface area (Å²) in [7, 11) is 0. The van der Waals surface area contributed by atoms with Gasteiger partial charge in [-0.2, -0.15) is 0 Å². The van der Waals surface area contributed by atoms with Gasteiger partial charge in [0.2, 0.25) is 0 Å². The van der Waals surface area contributed by atoms with Crippen molar-refractivity contribution >= 4 is 0 Å². The summed E-state index contributed by atoms with van der Waals surface area (Å²) in [5.74, 6) is 0. The zero-order valence-electron chi connectivity index (χ0n) is 7.96. The maximum Gasteiger partial charge on any atom is 0.0424 e. The smallest absolute Gasteiger partial charge is 0.0424 e. The average Bonchev–Trinajstić information content (AvgIpc) is 1.81. The van der Waals surface area contributed by atoms with Crippen molar-refractivity contribution in [3.63, 3.8) is 0 Å². The van der Waals surface area contributed by atoms with Gasteiger partial charge in [0, 0.05) is 23.9 Å². The second-order valence-corrected chi connectivity index (χ2v) is 3.46. The highest BCUT2D eigenvalue weighted by Gasteiger charge is 2.00. The molecule has 0 aliphatic heterocycles. The maximum atomic E-state index is 5.68. The number of hydrogen-bond donors (Lipinski definition) is 1. The number of pyridine rings is 1. The fourth-order valence-corrected chi connectivity index (χ4v) is 1.36. The molecular formula is C10H16N2. The van der Waals surface area contributed by atoms with E-state index >= 15 is 0 Å². The topological polar surface area (TPSA) is 38.9 Å². The summed E-state index contributed by atoms with van der Waals surface area (Å²) < 4.78 is 0. The van der Waals surface area contributed by atoms with Gasteiger partial charge in [-0.25, -0.2) is 0 Å².